The first kappa shape index (κ1) is 22.8. The molecule has 1 saturated carbocycles. The SMILES string of the molecule is CCCCCN1N=C(C(=O)N[C@@]2(C)[C@H](C)CC[C@]2(C)CC)CC1c1cccc(F)c1. The summed E-state index contributed by atoms with van der Waals surface area (Å²) in [6, 6.07) is 6.63. The summed E-state index contributed by atoms with van der Waals surface area (Å²) in [5, 5.41) is 10.1. The Balaban J connectivity index is 1.80. The molecule has 4 nitrogen and oxygen atoms in total. The van der Waals surface area contributed by atoms with E-state index in [4.69, 9.17) is 5.10 Å². The van der Waals surface area contributed by atoms with Crippen molar-refractivity contribution in [3.8, 4) is 0 Å². The van der Waals surface area contributed by atoms with E-state index in [2.05, 4.69) is 39.9 Å². The normalized spacial score (nSPS) is 31.1. The number of hydrogen-bond acceptors (Lipinski definition) is 3. The van der Waals surface area contributed by atoms with Gasteiger partial charge in [0.05, 0.1) is 6.04 Å². The van der Waals surface area contributed by atoms with E-state index in [1.54, 1.807) is 12.1 Å². The minimum Gasteiger partial charge on any atom is -0.345 e. The van der Waals surface area contributed by atoms with Gasteiger partial charge in [-0.3, -0.25) is 9.80 Å². The molecule has 1 aromatic rings. The van der Waals surface area contributed by atoms with Crippen molar-refractivity contribution in [2.24, 2.45) is 16.4 Å². The lowest BCUT2D eigenvalue weighted by molar-refractivity contribution is -0.118. The first-order valence-electron chi connectivity index (χ1n) is 11.7. The zero-order valence-electron chi connectivity index (χ0n) is 19.3. The van der Waals surface area contributed by atoms with Crippen molar-refractivity contribution in [2.45, 2.75) is 91.1 Å². The third-order valence-corrected chi connectivity index (χ3v) is 8.00. The van der Waals surface area contributed by atoms with E-state index < -0.39 is 0 Å². The Labute approximate surface area is 181 Å². The quantitative estimate of drug-likeness (QED) is 0.542. The van der Waals surface area contributed by atoms with Crippen molar-refractivity contribution < 1.29 is 9.18 Å². The third-order valence-electron chi connectivity index (χ3n) is 8.00. The van der Waals surface area contributed by atoms with Crippen LogP contribution in [0.5, 0.6) is 0 Å². The Bertz CT molecular complexity index is 794. The number of rotatable bonds is 8. The topological polar surface area (TPSA) is 44.7 Å². The fourth-order valence-electron chi connectivity index (χ4n) is 5.23. The molecule has 3 rings (SSSR count). The van der Waals surface area contributed by atoms with Crippen LogP contribution >= 0.6 is 0 Å². The van der Waals surface area contributed by atoms with Gasteiger partial charge in [-0.1, -0.05) is 52.7 Å². The first-order chi connectivity index (χ1) is 14.2. The summed E-state index contributed by atoms with van der Waals surface area (Å²) in [5.74, 6) is 0.114. The molecule has 166 valence electrons. The predicted molar refractivity (Wildman–Crippen MR) is 121 cm³/mol. The Hall–Kier alpha value is -1.91. The smallest absolute Gasteiger partial charge is 0.268 e. The van der Waals surface area contributed by atoms with Crippen molar-refractivity contribution in [2.75, 3.05) is 6.54 Å². The Kier molecular flexibility index (Phi) is 6.88. The standard InChI is InChI=1S/C25H38FN3O/c1-6-8-9-15-29-22(19-11-10-12-20(26)16-19)17-21(28-29)23(30)27-25(5)18(3)13-14-24(25,4)7-2/h10-12,16,18,22H,6-9,13-15,17H2,1-5H3,(H,27,30)/t18-,22?,24+,25+/m1/s1. The molecule has 1 unspecified atom stereocenters. The lowest BCUT2D eigenvalue weighted by Crippen LogP contribution is -2.58. The van der Waals surface area contributed by atoms with Crippen LogP contribution in [0.4, 0.5) is 4.39 Å². The van der Waals surface area contributed by atoms with Crippen LogP contribution in [0.2, 0.25) is 0 Å². The number of hydrogen-bond donors (Lipinski definition) is 1. The third kappa shape index (κ3) is 4.26. The summed E-state index contributed by atoms with van der Waals surface area (Å²) in [4.78, 5) is 13.3. The minimum atomic E-state index is -0.245. The summed E-state index contributed by atoms with van der Waals surface area (Å²) in [5.41, 5.74) is 1.30. The maximum Gasteiger partial charge on any atom is 0.268 e. The van der Waals surface area contributed by atoms with Crippen LogP contribution in [0, 0.1) is 17.2 Å². The zero-order valence-corrected chi connectivity index (χ0v) is 19.3. The number of carbonyl (C=O) groups is 1. The average molecular weight is 416 g/mol. The van der Waals surface area contributed by atoms with Gasteiger partial charge in [-0.15, -0.1) is 0 Å². The summed E-state index contributed by atoms with van der Waals surface area (Å²) in [6.45, 7) is 11.9. The molecule has 0 aromatic heterocycles. The fraction of sp³-hybridized carbons (Fsp3) is 0.680. The van der Waals surface area contributed by atoms with Crippen LogP contribution in [0.25, 0.3) is 0 Å². The fourth-order valence-corrected chi connectivity index (χ4v) is 5.23. The summed E-state index contributed by atoms with van der Waals surface area (Å²) in [6.07, 6.45) is 7.08. The van der Waals surface area contributed by atoms with Gasteiger partial charge in [0.25, 0.3) is 5.91 Å². The molecule has 4 atom stereocenters. The number of amides is 1. The Morgan fingerprint density at radius 1 is 1.30 bits per heavy atom. The van der Waals surface area contributed by atoms with Crippen molar-refractivity contribution in [1.29, 1.82) is 0 Å². The minimum absolute atomic E-state index is 0.0645. The number of halogens is 1. The van der Waals surface area contributed by atoms with Crippen molar-refractivity contribution >= 4 is 11.6 Å². The van der Waals surface area contributed by atoms with Crippen LogP contribution in [-0.2, 0) is 4.79 Å². The zero-order chi connectivity index (χ0) is 21.9. The second kappa shape index (κ2) is 9.07. The van der Waals surface area contributed by atoms with Gasteiger partial charge in [0.2, 0.25) is 0 Å². The first-order valence-corrected chi connectivity index (χ1v) is 11.7. The Morgan fingerprint density at radius 3 is 2.73 bits per heavy atom. The number of benzene rings is 1. The molecule has 2 aliphatic rings. The average Bonchev–Trinajstić information content (AvgIpc) is 3.24. The number of carbonyl (C=O) groups excluding carboxylic acids is 1. The molecule has 1 amide bonds. The summed E-state index contributed by atoms with van der Waals surface area (Å²) in [7, 11) is 0. The van der Waals surface area contributed by atoms with Gasteiger partial charge >= 0.3 is 0 Å². The number of nitrogens with one attached hydrogen (secondary N) is 1. The lowest BCUT2D eigenvalue weighted by atomic mass is 9.69. The monoisotopic (exact) mass is 415 g/mol. The van der Waals surface area contributed by atoms with Gasteiger partial charge in [-0.25, -0.2) is 4.39 Å². The molecular formula is C25H38FN3O. The molecule has 1 N–H and O–H groups in total. The van der Waals surface area contributed by atoms with Crippen molar-refractivity contribution in [3.05, 3.63) is 35.6 Å². The molecule has 1 heterocycles. The molecule has 0 bridgehead atoms. The molecule has 1 aliphatic heterocycles. The summed E-state index contributed by atoms with van der Waals surface area (Å²) >= 11 is 0. The second-order valence-electron chi connectivity index (χ2n) is 9.70. The number of nitrogens with zero attached hydrogens (tertiary/aromatic N) is 2. The van der Waals surface area contributed by atoms with Crippen LogP contribution in [0.15, 0.2) is 29.4 Å². The maximum atomic E-state index is 13.9. The van der Waals surface area contributed by atoms with Gasteiger partial charge in [-0.05, 0) is 61.6 Å². The van der Waals surface area contributed by atoms with E-state index >= 15 is 0 Å². The van der Waals surface area contributed by atoms with Crippen LogP contribution < -0.4 is 5.32 Å². The van der Waals surface area contributed by atoms with Gasteiger partial charge in [0.15, 0.2) is 0 Å². The van der Waals surface area contributed by atoms with Crippen molar-refractivity contribution in [3.63, 3.8) is 0 Å². The molecule has 1 aliphatic carbocycles. The molecule has 30 heavy (non-hydrogen) atoms. The summed E-state index contributed by atoms with van der Waals surface area (Å²) < 4.78 is 13.9. The van der Waals surface area contributed by atoms with Crippen LogP contribution in [0.1, 0.15) is 91.2 Å². The highest BCUT2D eigenvalue weighted by Gasteiger charge is 2.53. The van der Waals surface area contributed by atoms with Gasteiger partial charge in [0, 0.05) is 18.5 Å². The number of unbranched alkanes of at least 4 members (excludes halogenated alkanes) is 2. The van der Waals surface area contributed by atoms with E-state index in [0.29, 0.717) is 18.1 Å². The molecular weight excluding hydrogens is 377 g/mol. The highest BCUT2D eigenvalue weighted by Crippen LogP contribution is 2.51. The molecule has 5 heteroatoms. The Morgan fingerprint density at radius 2 is 2.07 bits per heavy atom. The predicted octanol–water partition coefficient (Wildman–Crippen LogP) is 5.84. The van der Waals surface area contributed by atoms with E-state index in [-0.39, 0.29) is 28.7 Å². The van der Waals surface area contributed by atoms with E-state index in [9.17, 15) is 9.18 Å². The molecule has 1 fully saturated rings. The van der Waals surface area contributed by atoms with Gasteiger partial charge < -0.3 is 5.32 Å². The largest absolute Gasteiger partial charge is 0.345 e. The van der Waals surface area contributed by atoms with Crippen LogP contribution in [-0.4, -0.2) is 28.7 Å². The number of hydrazone groups is 1. The van der Waals surface area contributed by atoms with Crippen molar-refractivity contribution in [1.82, 2.24) is 10.3 Å². The van der Waals surface area contributed by atoms with E-state index in [0.717, 1.165) is 50.6 Å². The lowest BCUT2D eigenvalue weighted by Gasteiger charge is -2.44. The molecule has 1 aromatic carbocycles. The van der Waals surface area contributed by atoms with Crippen LogP contribution in [0.3, 0.4) is 0 Å². The maximum absolute atomic E-state index is 13.9. The molecule has 0 spiro atoms. The molecule has 0 radical (unpaired) electrons. The van der Waals surface area contributed by atoms with E-state index in [1.807, 2.05) is 11.1 Å². The van der Waals surface area contributed by atoms with E-state index in [1.165, 1.54) is 6.07 Å². The highest BCUT2D eigenvalue weighted by molar-refractivity contribution is 6.39. The van der Waals surface area contributed by atoms with Gasteiger partial charge in [0.1, 0.15) is 11.5 Å². The highest BCUT2D eigenvalue weighted by atomic mass is 19.1. The second-order valence-corrected chi connectivity index (χ2v) is 9.70. The molecule has 0 saturated heterocycles. The van der Waals surface area contributed by atoms with Gasteiger partial charge in [-0.2, -0.15) is 5.10 Å².